The van der Waals surface area contributed by atoms with Crippen LogP contribution in [0, 0.1) is 11.8 Å². The molecule has 0 saturated heterocycles. The Morgan fingerprint density at radius 2 is 1.83 bits per heavy atom. The molecule has 1 aliphatic carbocycles. The van der Waals surface area contributed by atoms with Crippen LogP contribution in [0.5, 0.6) is 0 Å². The Bertz CT molecular complexity index is 386. The topological polar surface area (TPSA) is 15.3 Å². The van der Waals surface area contributed by atoms with E-state index in [2.05, 4.69) is 62.4 Å². The molecule has 0 bridgehead atoms. The Hall–Kier alpha value is -1.18. The molecule has 0 radical (unpaired) electrons. The third-order valence-corrected chi connectivity index (χ3v) is 4.43. The van der Waals surface area contributed by atoms with Gasteiger partial charge in [-0.1, -0.05) is 38.8 Å². The van der Waals surface area contributed by atoms with E-state index in [9.17, 15) is 0 Å². The maximum atomic E-state index is 3.77. The van der Waals surface area contributed by atoms with Crippen molar-refractivity contribution < 1.29 is 0 Å². The zero-order chi connectivity index (χ0) is 13.1. The second-order valence-electron chi connectivity index (χ2n) is 5.93. The van der Waals surface area contributed by atoms with Crippen LogP contribution >= 0.6 is 0 Å². The summed E-state index contributed by atoms with van der Waals surface area (Å²) >= 11 is 0. The molecule has 2 nitrogen and oxygen atoms in total. The number of rotatable bonds is 3. The molecule has 2 heteroatoms. The van der Waals surface area contributed by atoms with Crippen LogP contribution in [0.3, 0.4) is 0 Å². The van der Waals surface area contributed by atoms with Gasteiger partial charge in [-0.3, -0.25) is 0 Å². The lowest BCUT2D eigenvalue weighted by molar-refractivity contribution is 0.253. The van der Waals surface area contributed by atoms with Crippen LogP contribution in [-0.4, -0.2) is 20.1 Å². The van der Waals surface area contributed by atoms with Gasteiger partial charge in [0.15, 0.2) is 0 Å². The number of anilines is 2. The van der Waals surface area contributed by atoms with E-state index in [4.69, 9.17) is 0 Å². The number of nitrogens with one attached hydrogen (secondary N) is 1. The molecule has 3 atom stereocenters. The van der Waals surface area contributed by atoms with Crippen molar-refractivity contribution >= 4 is 11.4 Å². The van der Waals surface area contributed by atoms with Gasteiger partial charge in [-0.25, -0.2) is 0 Å². The van der Waals surface area contributed by atoms with Crippen LogP contribution in [0.25, 0.3) is 0 Å². The van der Waals surface area contributed by atoms with Gasteiger partial charge in [0.1, 0.15) is 0 Å². The summed E-state index contributed by atoms with van der Waals surface area (Å²) in [5.41, 5.74) is 2.55. The fraction of sp³-hybridized carbons (Fsp3) is 0.625. The molecule has 18 heavy (non-hydrogen) atoms. The Balaban J connectivity index is 2.13. The maximum absolute atomic E-state index is 3.77. The maximum Gasteiger partial charge on any atom is 0.0596 e. The molecule has 1 aliphatic rings. The molecule has 0 spiro atoms. The summed E-state index contributed by atoms with van der Waals surface area (Å²) < 4.78 is 0. The van der Waals surface area contributed by atoms with Gasteiger partial charge < -0.3 is 10.2 Å². The lowest BCUT2D eigenvalue weighted by Crippen LogP contribution is -2.35. The summed E-state index contributed by atoms with van der Waals surface area (Å²) in [6, 6.07) is 9.22. The second-order valence-corrected chi connectivity index (χ2v) is 5.93. The van der Waals surface area contributed by atoms with Gasteiger partial charge in [0.25, 0.3) is 0 Å². The molecule has 1 saturated carbocycles. The molecule has 0 amide bonds. The Morgan fingerprint density at radius 3 is 2.56 bits per heavy atom. The standard InChI is InChI=1S/C16H26N2/c1-12-8-7-10-14(13(12)2)17-15-9-5-6-11-16(15)18(3)4/h5-6,9,11-14,17H,7-8,10H2,1-4H3. The molecule has 1 N–H and O–H groups in total. The van der Waals surface area contributed by atoms with Crippen molar-refractivity contribution in [3.8, 4) is 0 Å². The largest absolute Gasteiger partial charge is 0.380 e. The molecule has 1 aromatic rings. The Kier molecular flexibility index (Phi) is 4.15. The fourth-order valence-electron chi connectivity index (χ4n) is 2.97. The molecule has 100 valence electrons. The minimum Gasteiger partial charge on any atom is -0.380 e. The van der Waals surface area contributed by atoms with Gasteiger partial charge in [-0.15, -0.1) is 0 Å². The molecule has 3 unspecified atom stereocenters. The second kappa shape index (κ2) is 5.64. The van der Waals surface area contributed by atoms with Gasteiger partial charge in [-0.05, 0) is 30.4 Å². The minimum atomic E-state index is 0.620. The zero-order valence-electron chi connectivity index (χ0n) is 12.1. The summed E-state index contributed by atoms with van der Waals surface area (Å²) in [5, 5.41) is 3.77. The monoisotopic (exact) mass is 246 g/mol. The number of para-hydroxylation sites is 2. The highest BCUT2D eigenvalue weighted by Crippen LogP contribution is 2.33. The smallest absolute Gasteiger partial charge is 0.0596 e. The number of hydrogen-bond donors (Lipinski definition) is 1. The van der Waals surface area contributed by atoms with Gasteiger partial charge >= 0.3 is 0 Å². The number of hydrogen-bond acceptors (Lipinski definition) is 2. The molecular weight excluding hydrogens is 220 g/mol. The Labute approximate surface area is 111 Å². The first-order valence-electron chi connectivity index (χ1n) is 7.12. The number of benzene rings is 1. The summed E-state index contributed by atoms with van der Waals surface area (Å²) in [7, 11) is 4.21. The third kappa shape index (κ3) is 2.80. The van der Waals surface area contributed by atoms with Gasteiger partial charge in [0, 0.05) is 20.1 Å². The average Bonchev–Trinajstić information content (AvgIpc) is 2.35. The molecule has 1 fully saturated rings. The summed E-state index contributed by atoms with van der Waals surface area (Å²) in [6.07, 6.45) is 4.04. The highest BCUT2D eigenvalue weighted by Gasteiger charge is 2.27. The molecular formula is C16H26N2. The van der Waals surface area contributed by atoms with Crippen molar-refractivity contribution in [2.45, 2.75) is 39.2 Å². The van der Waals surface area contributed by atoms with Crippen LogP contribution in [0.15, 0.2) is 24.3 Å². The quantitative estimate of drug-likeness (QED) is 0.867. The summed E-state index contributed by atoms with van der Waals surface area (Å²) in [5.74, 6) is 1.59. The first-order chi connectivity index (χ1) is 8.59. The van der Waals surface area contributed by atoms with Crippen molar-refractivity contribution in [3.05, 3.63) is 24.3 Å². The van der Waals surface area contributed by atoms with Gasteiger partial charge in [0.05, 0.1) is 11.4 Å². The SMILES string of the molecule is CC1CCCC(Nc2ccccc2N(C)C)C1C. The van der Waals surface area contributed by atoms with Crippen LogP contribution in [-0.2, 0) is 0 Å². The zero-order valence-corrected chi connectivity index (χ0v) is 12.1. The van der Waals surface area contributed by atoms with E-state index >= 15 is 0 Å². The van der Waals surface area contributed by atoms with E-state index in [0.717, 1.165) is 11.8 Å². The lowest BCUT2D eigenvalue weighted by Gasteiger charge is -2.36. The van der Waals surface area contributed by atoms with Gasteiger partial charge in [-0.2, -0.15) is 0 Å². The van der Waals surface area contributed by atoms with E-state index in [-0.39, 0.29) is 0 Å². The van der Waals surface area contributed by atoms with Crippen LogP contribution in [0.1, 0.15) is 33.1 Å². The van der Waals surface area contributed by atoms with E-state index in [0.29, 0.717) is 6.04 Å². The summed E-state index contributed by atoms with van der Waals surface area (Å²) in [6.45, 7) is 4.77. The van der Waals surface area contributed by atoms with E-state index in [1.807, 2.05) is 0 Å². The average molecular weight is 246 g/mol. The van der Waals surface area contributed by atoms with Crippen LogP contribution in [0.2, 0.25) is 0 Å². The summed E-state index contributed by atoms with van der Waals surface area (Å²) in [4.78, 5) is 2.18. The highest BCUT2D eigenvalue weighted by atomic mass is 15.1. The lowest BCUT2D eigenvalue weighted by atomic mass is 9.78. The van der Waals surface area contributed by atoms with Crippen molar-refractivity contribution in [2.24, 2.45) is 11.8 Å². The van der Waals surface area contributed by atoms with Crippen LogP contribution in [0.4, 0.5) is 11.4 Å². The predicted molar refractivity (Wildman–Crippen MR) is 80.4 cm³/mol. The van der Waals surface area contributed by atoms with E-state index in [1.54, 1.807) is 0 Å². The van der Waals surface area contributed by atoms with Gasteiger partial charge in [0.2, 0.25) is 0 Å². The number of nitrogens with zero attached hydrogens (tertiary/aromatic N) is 1. The Morgan fingerprint density at radius 1 is 1.11 bits per heavy atom. The van der Waals surface area contributed by atoms with E-state index < -0.39 is 0 Å². The highest BCUT2D eigenvalue weighted by molar-refractivity contribution is 5.69. The van der Waals surface area contributed by atoms with Crippen molar-refractivity contribution in [2.75, 3.05) is 24.3 Å². The molecule has 0 heterocycles. The van der Waals surface area contributed by atoms with Crippen molar-refractivity contribution in [3.63, 3.8) is 0 Å². The predicted octanol–water partition coefficient (Wildman–Crippen LogP) is 3.99. The molecule has 1 aromatic carbocycles. The molecule has 2 rings (SSSR count). The van der Waals surface area contributed by atoms with E-state index in [1.165, 1.54) is 30.6 Å². The first-order valence-corrected chi connectivity index (χ1v) is 7.12. The minimum absolute atomic E-state index is 0.620. The molecule has 0 aromatic heterocycles. The third-order valence-electron chi connectivity index (χ3n) is 4.43. The van der Waals surface area contributed by atoms with Crippen molar-refractivity contribution in [1.29, 1.82) is 0 Å². The van der Waals surface area contributed by atoms with Crippen LogP contribution < -0.4 is 10.2 Å². The van der Waals surface area contributed by atoms with Crippen molar-refractivity contribution in [1.82, 2.24) is 0 Å². The fourth-order valence-corrected chi connectivity index (χ4v) is 2.97. The first kappa shape index (κ1) is 13.3. The molecule has 0 aliphatic heterocycles. The normalized spacial score (nSPS) is 27.9.